The fourth-order valence-electron chi connectivity index (χ4n) is 4.34. The molecule has 0 aromatic heterocycles. The fraction of sp³-hybridized carbons (Fsp3) is 0.649. The number of rotatable bonds is 28. The van der Waals surface area contributed by atoms with Gasteiger partial charge in [-0.2, -0.15) is 0 Å². The number of aliphatic hydroxyl groups excluding tert-OH is 2. The van der Waals surface area contributed by atoms with Crippen LogP contribution in [0.4, 0.5) is 0 Å². The van der Waals surface area contributed by atoms with Crippen molar-refractivity contribution in [2.75, 3.05) is 6.61 Å². The third-order valence-electron chi connectivity index (χ3n) is 6.92. The predicted octanol–water partition coefficient (Wildman–Crippen LogP) is 9.61. The molecule has 4 heteroatoms. The van der Waals surface area contributed by atoms with Crippen molar-refractivity contribution in [3.05, 3.63) is 72.9 Å². The Morgan fingerprint density at radius 1 is 0.610 bits per heavy atom. The maximum absolute atomic E-state index is 12.2. The number of carbonyl (C=O) groups is 1. The Balaban J connectivity index is 3.67. The van der Waals surface area contributed by atoms with Gasteiger partial charge < -0.3 is 15.5 Å². The highest BCUT2D eigenvalue weighted by molar-refractivity contribution is 5.76. The molecule has 41 heavy (non-hydrogen) atoms. The van der Waals surface area contributed by atoms with Crippen LogP contribution in [0.15, 0.2) is 72.9 Å². The molecule has 0 radical (unpaired) electrons. The summed E-state index contributed by atoms with van der Waals surface area (Å²) in [6.07, 6.45) is 45.6. The second kappa shape index (κ2) is 32.3. The maximum Gasteiger partial charge on any atom is 0.220 e. The van der Waals surface area contributed by atoms with E-state index in [2.05, 4.69) is 79.9 Å². The normalized spacial score (nSPS) is 14.1. The van der Waals surface area contributed by atoms with Crippen LogP contribution < -0.4 is 5.32 Å². The molecule has 0 aliphatic rings. The van der Waals surface area contributed by atoms with Crippen molar-refractivity contribution in [2.24, 2.45) is 0 Å². The summed E-state index contributed by atoms with van der Waals surface area (Å²) in [7, 11) is 0. The van der Waals surface area contributed by atoms with Crippen LogP contribution in [0.5, 0.6) is 0 Å². The standard InChI is InChI=1S/C37H63NO3/c1-3-5-7-9-11-13-14-15-16-17-18-19-20-21-22-23-24-25-27-29-31-33-37(41)38-35(34-39)36(40)32-30-28-26-12-10-8-6-4-2/h5,7,10-13,15-16,18-19,30,32,35-36,39-40H,3-4,6,8-9,14,17,20-29,31,33-34H2,1-2H3,(H,38,41)/b7-5-,12-10+,13-11-,16-15-,19-18-,32-30+. The molecule has 0 aliphatic carbocycles. The summed E-state index contributed by atoms with van der Waals surface area (Å²) in [6, 6.07) is -0.643. The first-order valence-corrected chi connectivity index (χ1v) is 16.7. The number of nitrogens with one attached hydrogen (secondary N) is 1. The fourth-order valence-corrected chi connectivity index (χ4v) is 4.34. The van der Waals surface area contributed by atoms with Gasteiger partial charge in [0, 0.05) is 6.42 Å². The molecular weight excluding hydrogens is 506 g/mol. The minimum atomic E-state index is -0.865. The minimum Gasteiger partial charge on any atom is -0.394 e. The summed E-state index contributed by atoms with van der Waals surface area (Å²) >= 11 is 0. The van der Waals surface area contributed by atoms with E-state index in [4.69, 9.17) is 0 Å². The van der Waals surface area contributed by atoms with Crippen molar-refractivity contribution >= 4 is 5.91 Å². The zero-order valence-corrected chi connectivity index (χ0v) is 26.5. The van der Waals surface area contributed by atoms with E-state index in [1.165, 1.54) is 51.4 Å². The number of unbranched alkanes of at least 4 members (excludes halogenated alkanes) is 11. The lowest BCUT2D eigenvalue weighted by Gasteiger charge is -2.19. The monoisotopic (exact) mass is 569 g/mol. The van der Waals surface area contributed by atoms with Crippen LogP contribution in [0.3, 0.4) is 0 Å². The summed E-state index contributed by atoms with van der Waals surface area (Å²) in [5.74, 6) is -0.0915. The Morgan fingerprint density at radius 3 is 1.71 bits per heavy atom. The molecule has 0 aromatic carbocycles. The third-order valence-corrected chi connectivity index (χ3v) is 6.92. The maximum atomic E-state index is 12.2. The molecule has 234 valence electrons. The molecule has 0 heterocycles. The number of hydrogen-bond donors (Lipinski definition) is 3. The quantitative estimate of drug-likeness (QED) is 0.0649. The van der Waals surface area contributed by atoms with Crippen LogP contribution in [-0.4, -0.2) is 34.9 Å². The van der Waals surface area contributed by atoms with Crippen molar-refractivity contribution in [2.45, 2.75) is 148 Å². The predicted molar refractivity (Wildman–Crippen MR) is 179 cm³/mol. The lowest BCUT2D eigenvalue weighted by atomic mass is 10.1. The molecule has 0 aliphatic heterocycles. The van der Waals surface area contributed by atoms with Crippen LogP contribution in [0, 0.1) is 0 Å². The van der Waals surface area contributed by atoms with E-state index in [0.717, 1.165) is 64.2 Å². The minimum absolute atomic E-state index is 0.0915. The second-order valence-electron chi connectivity index (χ2n) is 10.8. The van der Waals surface area contributed by atoms with Gasteiger partial charge in [0.1, 0.15) is 0 Å². The van der Waals surface area contributed by atoms with Crippen molar-refractivity contribution < 1.29 is 15.0 Å². The molecule has 3 N–H and O–H groups in total. The first kappa shape index (κ1) is 38.8. The second-order valence-corrected chi connectivity index (χ2v) is 10.8. The first-order chi connectivity index (χ1) is 20.2. The highest BCUT2D eigenvalue weighted by atomic mass is 16.3. The van der Waals surface area contributed by atoms with Gasteiger partial charge in [-0.3, -0.25) is 4.79 Å². The van der Waals surface area contributed by atoms with Crippen LogP contribution in [0.1, 0.15) is 136 Å². The van der Waals surface area contributed by atoms with E-state index < -0.39 is 12.1 Å². The van der Waals surface area contributed by atoms with Crippen molar-refractivity contribution in [1.82, 2.24) is 5.32 Å². The Hall–Kier alpha value is -2.17. The van der Waals surface area contributed by atoms with E-state index >= 15 is 0 Å². The topological polar surface area (TPSA) is 69.6 Å². The van der Waals surface area contributed by atoms with E-state index in [1.54, 1.807) is 6.08 Å². The summed E-state index contributed by atoms with van der Waals surface area (Å²) in [5, 5.41) is 22.7. The highest BCUT2D eigenvalue weighted by Crippen LogP contribution is 2.11. The third kappa shape index (κ3) is 29.1. The molecule has 4 nitrogen and oxygen atoms in total. The highest BCUT2D eigenvalue weighted by Gasteiger charge is 2.17. The molecule has 0 spiro atoms. The lowest BCUT2D eigenvalue weighted by molar-refractivity contribution is -0.123. The zero-order valence-electron chi connectivity index (χ0n) is 26.5. The smallest absolute Gasteiger partial charge is 0.220 e. The van der Waals surface area contributed by atoms with Gasteiger partial charge in [-0.1, -0.05) is 138 Å². The molecule has 0 rings (SSSR count). The van der Waals surface area contributed by atoms with E-state index in [0.29, 0.717) is 6.42 Å². The number of allylic oxidation sites excluding steroid dienone is 11. The first-order valence-electron chi connectivity index (χ1n) is 16.7. The number of hydrogen-bond acceptors (Lipinski definition) is 3. The van der Waals surface area contributed by atoms with Crippen molar-refractivity contribution in [3.8, 4) is 0 Å². The van der Waals surface area contributed by atoms with Gasteiger partial charge in [0.05, 0.1) is 18.8 Å². The molecule has 0 aromatic rings. The van der Waals surface area contributed by atoms with Gasteiger partial charge in [0.2, 0.25) is 5.91 Å². The molecule has 2 atom stereocenters. The van der Waals surface area contributed by atoms with E-state index in [9.17, 15) is 15.0 Å². The van der Waals surface area contributed by atoms with Gasteiger partial charge >= 0.3 is 0 Å². The van der Waals surface area contributed by atoms with Crippen LogP contribution in [-0.2, 0) is 4.79 Å². The molecule has 0 bridgehead atoms. The molecule has 1 amide bonds. The summed E-state index contributed by atoms with van der Waals surface area (Å²) in [6.45, 7) is 4.08. The Morgan fingerprint density at radius 2 is 1.10 bits per heavy atom. The van der Waals surface area contributed by atoms with E-state index in [-0.39, 0.29) is 12.5 Å². The summed E-state index contributed by atoms with van der Waals surface area (Å²) in [4.78, 5) is 12.2. The SMILES string of the molecule is CC/C=C\C/C=C\C/C=C\C/C=C\CCCCCCCCCCC(=O)NC(CO)C(O)/C=C/CC/C=C/CCCC. The molecule has 0 fully saturated rings. The number of aliphatic hydroxyl groups is 2. The summed E-state index contributed by atoms with van der Waals surface area (Å²) in [5.41, 5.74) is 0. The van der Waals surface area contributed by atoms with Gasteiger partial charge in [-0.05, 0) is 64.2 Å². The Bertz CT molecular complexity index is 747. The molecule has 0 saturated carbocycles. The molecule has 0 saturated heterocycles. The van der Waals surface area contributed by atoms with Crippen LogP contribution in [0.2, 0.25) is 0 Å². The van der Waals surface area contributed by atoms with Gasteiger partial charge in [0.15, 0.2) is 0 Å². The van der Waals surface area contributed by atoms with Crippen LogP contribution in [0.25, 0.3) is 0 Å². The van der Waals surface area contributed by atoms with Crippen molar-refractivity contribution in [1.29, 1.82) is 0 Å². The van der Waals surface area contributed by atoms with Crippen LogP contribution >= 0.6 is 0 Å². The van der Waals surface area contributed by atoms with Crippen molar-refractivity contribution in [3.63, 3.8) is 0 Å². The Kier molecular flexibility index (Phi) is 30.6. The molecular formula is C37H63NO3. The van der Waals surface area contributed by atoms with E-state index in [1.807, 2.05) is 6.08 Å². The Labute approximate surface area is 253 Å². The summed E-state index contributed by atoms with van der Waals surface area (Å²) < 4.78 is 0. The number of carbonyl (C=O) groups excluding carboxylic acids is 1. The lowest BCUT2D eigenvalue weighted by Crippen LogP contribution is -2.45. The zero-order chi connectivity index (χ0) is 30.1. The average molecular weight is 570 g/mol. The average Bonchev–Trinajstić information content (AvgIpc) is 2.97. The molecule has 2 unspecified atom stereocenters. The van der Waals surface area contributed by atoms with Gasteiger partial charge in [0.25, 0.3) is 0 Å². The number of amides is 1. The van der Waals surface area contributed by atoms with Gasteiger partial charge in [-0.25, -0.2) is 0 Å². The van der Waals surface area contributed by atoms with Gasteiger partial charge in [-0.15, -0.1) is 0 Å². The largest absolute Gasteiger partial charge is 0.394 e.